The first-order valence-electron chi connectivity index (χ1n) is 10.3. The van der Waals surface area contributed by atoms with Gasteiger partial charge in [0.1, 0.15) is 11.8 Å². The molecular weight excluding hydrogens is 424 g/mol. The molecule has 0 aliphatic heterocycles. The van der Waals surface area contributed by atoms with Gasteiger partial charge in [-0.25, -0.2) is 4.68 Å². The largest absolute Gasteiger partial charge is 0.497 e. The Morgan fingerprint density at radius 2 is 1.94 bits per heavy atom. The summed E-state index contributed by atoms with van der Waals surface area (Å²) in [7, 11) is 1.62. The Hall–Kier alpha value is -3.26. The van der Waals surface area contributed by atoms with E-state index in [1.165, 1.54) is 0 Å². The van der Waals surface area contributed by atoms with E-state index in [1.807, 2.05) is 67.9 Å². The number of methoxy groups -OCH3 is 1. The van der Waals surface area contributed by atoms with E-state index in [4.69, 9.17) is 4.74 Å². The fourth-order valence-electron chi connectivity index (χ4n) is 3.17. The smallest absolute Gasteiger partial charge is 0.251 e. The second kappa shape index (κ2) is 11.4. The molecule has 0 radical (unpaired) electrons. The lowest BCUT2D eigenvalue weighted by atomic mass is 10.1. The highest BCUT2D eigenvalue weighted by Crippen LogP contribution is 2.14. The molecule has 2 aromatic carbocycles. The van der Waals surface area contributed by atoms with Crippen molar-refractivity contribution in [2.45, 2.75) is 25.9 Å². The van der Waals surface area contributed by atoms with E-state index >= 15 is 0 Å². The van der Waals surface area contributed by atoms with Crippen molar-refractivity contribution in [3.8, 4) is 11.4 Å². The number of carbonyl (C=O) groups is 2. The fraction of sp³-hybridized carbons (Fsp3) is 0.292. The Balaban J connectivity index is 1.61. The first-order chi connectivity index (χ1) is 15.5. The van der Waals surface area contributed by atoms with Crippen molar-refractivity contribution < 1.29 is 14.3 Å². The summed E-state index contributed by atoms with van der Waals surface area (Å²) in [5.41, 5.74) is 3.16. The predicted molar refractivity (Wildman–Crippen MR) is 127 cm³/mol. The van der Waals surface area contributed by atoms with Crippen LogP contribution in [0.4, 0.5) is 0 Å². The van der Waals surface area contributed by atoms with Crippen LogP contribution in [0, 0.1) is 6.92 Å². The maximum atomic E-state index is 12.8. The van der Waals surface area contributed by atoms with Crippen LogP contribution in [0.2, 0.25) is 0 Å². The van der Waals surface area contributed by atoms with Crippen LogP contribution in [0.15, 0.2) is 60.8 Å². The molecule has 1 aromatic heterocycles. The number of nitrogens with one attached hydrogen (secondary N) is 2. The molecule has 0 bridgehead atoms. The number of amides is 2. The molecule has 0 aliphatic carbocycles. The summed E-state index contributed by atoms with van der Waals surface area (Å²) in [6.45, 7) is 2.21. The molecule has 1 unspecified atom stereocenters. The van der Waals surface area contributed by atoms with Crippen LogP contribution in [0.3, 0.4) is 0 Å². The number of hydrogen-bond acceptors (Lipinski definition) is 5. The van der Waals surface area contributed by atoms with Gasteiger partial charge >= 0.3 is 0 Å². The SMILES string of the molecule is COc1ccc(-n2ccc(CNC(=O)C(CCSC)NC(=O)c3cccc(C)c3)n2)cc1. The maximum Gasteiger partial charge on any atom is 0.251 e. The normalized spacial score (nSPS) is 11.6. The predicted octanol–water partition coefficient (Wildman–Crippen LogP) is 3.36. The van der Waals surface area contributed by atoms with Gasteiger partial charge in [0, 0.05) is 11.8 Å². The average Bonchev–Trinajstić information content (AvgIpc) is 3.29. The first kappa shape index (κ1) is 23.4. The molecule has 0 fully saturated rings. The van der Waals surface area contributed by atoms with Crippen LogP contribution in [0.1, 0.15) is 28.0 Å². The van der Waals surface area contributed by atoms with E-state index in [0.29, 0.717) is 12.0 Å². The summed E-state index contributed by atoms with van der Waals surface area (Å²) < 4.78 is 6.92. The highest BCUT2D eigenvalue weighted by atomic mass is 32.2. The van der Waals surface area contributed by atoms with Crippen molar-refractivity contribution in [2.24, 2.45) is 0 Å². The Kier molecular flexibility index (Phi) is 8.33. The summed E-state index contributed by atoms with van der Waals surface area (Å²) in [6.07, 6.45) is 4.36. The molecule has 8 heteroatoms. The molecule has 0 spiro atoms. The summed E-state index contributed by atoms with van der Waals surface area (Å²) in [6, 6.07) is 16.1. The zero-order chi connectivity index (χ0) is 22.9. The minimum atomic E-state index is -0.612. The van der Waals surface area contributed by atoms with Gasteiger partial charge in [-0.1, -0.05) is 17.7 Å². The van der Waals surface area contributed by atoms with Crippen molar-refractivity contribution in [1.29, 1.82) is 0 Å². The minimum Gasteiger partial charge on any atom is -0.497 e. The number of ether oxygens (including phenoxy) is 1. The minimum absolute atomic E-state index is 0.223. The molecule has 3 rings (SSSR count). The number of hydrogen-bond donors (Lipinski definition) is 2. The topological polar surface area (TPSA) is 85.2 Å². The maximum absolute atomic E-state index is 12.8. The van der Waals surface area contributed by atoms with Crippen LogP contribution < -0.4 is 15.4 Å². The van der Waals surface area contributed by atoms with Crippen LogP contribution in [-0.2, 0) is 11.3 Å². The quantitative estimate of drug-likeness (QED) is 0.493. The van der Waals surface area contributed by atoms with E-state index in [1.54, 1.807) is 29.6 Å². The van der Waals surface area contributed by atoms with Gasteiger partial charge in [-0.05, 0) is 67.8 Å². The Morgan fingerprint density at radius 1 is 1.16 bits per heavy atom. The average molecular weight is 453 g/mol. The number of benzene rings is 2. The molecule has 0 aliphatic rings. The van der Waals surface area contributed by atoms with Gasteiger partial charge in [0.25, 0.3) is 5.91 Å². The Morgan fingerprint density at radius 3 is 2.62 bits per heavy atom. The molecular formula is C24H28N4O3S. The summed E-state index contributed by atoms with van der Waals surface area (Å²) in [4.78, 5) is 25.5. The van der Waals surface area contributed by atoms with E-state index in [-0.39, 0.29) is 18.4 Å². The standard InChI is InChI=1S/C24H28N4O3S/c1-17-5-4-6-18(15-17)23(29)26-22(12-14-32-3)24(30)25-16-19-11-13-28(27-19)20-7-9-21(31-2)10-8-20/h4-11,13,15,22H,12,14,16H2,1-3H3,(H,25,30)(H,26,29). The second-order valence-corrected chi connectivity index (χ2v) is 8.33. The van der Waals surface area contributed by atoms with Crippen molar-refractivity contribution in [3.63, 3.8) is 0 Å². The van der Waals surface area contributed by atoms with Crippen LogP contribution in [0.25, 0.3) is 5.69 Å². The van der Waals surface area contributed by atoms with Gasteiger partial charge in [0.05, 0.1) is 25.0 Å². The highest BCUT2D eigenvalue weighted by Gasteiger charge is 2.21. The molecule has 2 amide bonds. The number of nitrogens with zero attached hydrogens (tertiary/aromatic N) is 2. The van der Waals surface area contributed by atoms with Crippen molar-refractivity contribution >= 4 is 23.6 Å². The number of aryl methyl sites for hydroxylation is 1. The fourth-order valence-corrected chi connectivity index (χ4v) is 3.64. The van der Waals surface area contributed by atoms with E-state index in [9.17, 15) is 9.59 Å². The summed E-state index contributed by atoms with van der Waals surface area (Å²) >= 11 is 1.63. The van der Waals surface area contributed by atoms with Crippen molar-refractivity contribution in [2.75, 3.05) is 19.1 Å². The zero-order valence-electron chi connectivity index (χ0n) is 18.5. The van der Waals surface area contributed by atoms with Gasteiger partial charge in [-0.2, -0.15) is 16.9 Å². The van der Waals surface area contributed by atoms with Gasteiger partial charge in [-0.3, -0.25) is 9.59 Å². The molecule has 3 aromatic rings. The summed E-state index contributed by atoms with van der Waals surface area (Å²) in [5, 5.41) is 10.3. The van der Waals surface area contributed by atoms with Crippen LogP contribution >= 0.6 is 11.8 Å². The molecule has 2 N–H and O–H groups in total. The zero-order valence-corrected chi connectivity index (χ0v) is 19.3. The van der Waals surface area contributed by atoms with E-state index in [2.05, 4.69) is 15.7 Å². The number of rotatable bonds is 10. The number of aromatic nitrogens is 2. The number of thioether (sulfide) groups is 1. The van der Waals surface area contributed by atoms with Gasteiger partial charge in [0.2, 0.25) is 5.91 Å². The third-order valence-corrected chi connectivity index (χ3v) is 5.58. The van der Waals surface area contributed by atoms with Crippen LogP contribution in [-0.4, -0.2) is 46.8 Å². The molecule has 1 heterocycles. The highest BCUT2D eigenvalue weighted by molar-refractivity contribution is 7.98. The van der Waals surface area contributed by atoms with Gasteiger partial charge in [-0.15, -0.1) is 0 Å². The summed E-state index contributed by atoms with van der Waals surface area (Å²) in [5.74, 6) is 1.06. The van der Waals surface area contributed by atoms with Crippen molar-refractivity contribution in [1.82, 2.24) is 20.4 Å². The van der Waals surface area contributed by atoms with Crippen LogP contribution in [0.5, 0.6) is 5.75 Å². The lowest BCUT2D eigenvalue weighted by Crippen LogP contribution is -2.46. The molecule has 0 saturated carbocycles. The lowest BCUT2D eigenvalue weighted by Gasteiger charge is -2.18. The molecule has 32 heavy (non-hydrogen) atoms. The van der Waals surface area contributed by atoms with E-state index in [0.717, 1.165) is 28.4 Å². The van der Waals surface area contributed by atoms with Crippen molar-refractivity contribution in [3.05, 3.63) is 77.6 Å². The third kappa shape index (κ3) is 6.37. The number of carbonyl (C=O) groups excluding carboxylic acids is 2. The molecule has 0 saturated heterocycles. The molecule has 168 valence electrons. The van der Waals surface area contributed by atoms with Gasteiger partial charge in [0.15, 0.2) is 0 Å². The Bertz CT molecular complexity index is 1050. The van der Waals surface area contributed by atoms with E-state index < -0.39 is 6.04 Å². The lowest BCUT2D eigenvalue weighted by molar-refractivity contribution is -0.123. The second-order valence-electron chi connectivity index (χ2n) is 7.34. The molecule has 1 atom stereocenters. The Labute approximate surface area is 192 Å². The van der Waals surface area contributed by atoms with Gasteiger partial charge < -0.3 is 15.4 Å². The third-order valence-electron chi connectivity index (χ3n) is 4.94. The monoisotopic (exact) mass is 452 g/mol. The molecule has 7 nitrogen and oxygen atoms in total. The first-order valence-corrected chi connectivity index (χ1v) is 11.7.